The maximum absolute atomic E-state index is 13.1. The summed E-state index contributed by atoms with van der Waals surface area (Å²) in [7, 11) is 0. The maximum atomic E-state index is 13.1. The molecule has 0 saturated carbocycles. The average molecular weight is 346 g/mol. The van der Waals surface area contributed by atoms with Gasteiger partial charge in [0.2, 0.25) is 0 Å². The molecule has 2 rings (SSSR count). The molecule has 2 aromatic carbocycles. The van der Waals surface area contributed by atoms with Gasteiger partial charge in [-0.3, -0.25) is 0 Å². The third-order valence-corrected chi connectivity index (χ3v) is 3.40. The number of benzene rings is 2. The third kappa shape index (κ3) is 5.62. The number of carbonyl (C=O) groups is 1. The molecule has 0 radical (unpaired) electrons. The van der Waals surface area contributed by atoms with Crippen LogP contribution in [0, 0.1) is 5.82 Å². The molecule has 2 N–H and O–H groups in total. The first kappa shape index (κ1) is 17.9. The van der Waals surface area contributed by atoms with Gasteiger partial charge < -0.3 is 15.4 Å². The van der Waals surface area contributed by atoms with Crippen LogP contribution in [-0.4, -0.2) is 17.7 Å². The predicted molar refractivity (Wildman–Crippen MR) is 97.9 cm³/mol. The predicted octanol–water partition coefficient (Wildman–Crippen LogP) is 4.59. The second-order valence-corrected chi connectivity index (χ2v) is 5.56. The number of thiocarbonyl (C=S) groups is 1. The van der Waals surface area contributed by atoms with E-state index in [2.05, 4.69) is 10.6 Å². The van der Waals surface area contributed by atoms with Crippen molar-refractivity contribution in [3.63, 3.8) is 0 Å². The Hall–Kier alpha value is -2.47. The fourth-order valence-electron chi connectivity index (χ4n) is 1.94. The van der Waals surface area contributed by atoms with Gasteiger partial charge in [0.1, 0.15) is 5.82 Å². The summed E-state index contributed by atoms with van der Waals surface area (Å²) >= 11 is 5.18. The summed E-state index contributed by atoms with van der Waals surface area (Å²) in [6.45, 7) is 2.46. The molecule has 126 valence electrons. The molecule has 0 bridgehead atoms. The molecule has 0 saturated heterocycles. The lowest BCUT2D eigenvalue weighted by Crippen LogP contribution is -2.19. The first-order valence-electron chi connectivity index (χ1n) is 7.69. The van der Waals surface area contributed by atoms with Crippen LogP contribution in [-0.2, 0) is 4.74 Å². The standard InChI is InChI=1S/C18H19FN2O2S/c1-2-3-11-23-17(22)13-7-9-15(10-8-13)20-18(24)21-16-6-4-5-14(19)12-16/h4-10,12H,2-3,11H2,1H3,(H2,20,21,24). The Morgan fingerprint density at radius 3 is 2.50 bits per heavy atom. The van der Waals surface area contributed by atoms with Gasteiger partial charge in [-0.2, -0.15) is 0 Å². The van der Waals surface area contributed by atoms with Crippen molar-refractivity contribution >= 4 is 34.7 Å². The molecule has 2 aromatic rings. The monoisotopic (exact) mass is 346 g/mol. The second kappa shape index (κ2) is 8.98. The number of carbonyl (C=O) groups excluding carboxylic acids is 1. The second-order valence-electron chi connectivity index (χ2n) is 5.16. The van der Waals surface area contributed by atoms with E-state index in [1.807, 2.05) is 6.92 Å². The topological polar surface area (TPSA) is 50.4 Å². The highest BCUT2D eigenvalue weighted by molar-refractivity contribution is 7.80. The molecular weight excluding hydrogens is 327 g/mol. The van der Waals surface area contributed by atoms with E-state index in [1.165, 1.54) is 12.1 Å². The fourth-order valence-corrected chi connectivity index (χ4v) is 2.18. The Balaban J connectivity index is 1.89. The molecule has 0 aliphatic rings. The van der Waals surface area contributed by atoms with Crippen LogP contribution in [0.4, 0.5) is 15.8 Å². The van der Waals surface area contributed by atoms with E-state index in [9.17, 15) is 9.18 Å². The molecule has 6 heteroatoms. The van der Waals surface area contributed by atoms with Crippen molar-refractivity contribution in [3.8, 4) is 0 Å². The maximum Gasteiger partial charge on any atom is 0.338 e. The number of unbranched alkanes of at least 4 members (excludes halogenated alkanes) is 1. The van der Waals surface area contributed by atoms with E-state index in [-0.39, 0.29) is 11.8 Å². The summed E-state index contributed by atoms with van der Waals surface area (Å²) in [6, 6.07) is 12.8. The minimum atomic E-state index is -0.339. The van der Waals surface area contributed by atoms with Crippen LogP contribution in [0.25, 0.3) is 0 Å². The van der Waals surface area contributed by atoms with Crippen LogP contribution in [0.3, 0.4) is 0 Å². The van der Waals surface area contributed by atoms with Gasteiger partial charge in [-0.1, -0.05) is 19.4 Å². The normalized spacial score (nSPS) is 10.1. The van der Waals surface area contributed by atoms with E-state index in [0.717, 1.165) is 12.8 Å². The zero-order valence-electron chi connectivity index (χ0n) is 13.3. The molecular formula is C18H19FN2O2S. The zero-order valence-corrected chi connectivity index (χ0v) is 14.2. The van der Waals surface area contributed by atoms with Crippen molar-refractivity contribution < 1.29 is 13.9 Å². The number of anilines is 2. The Labute approximate surface area is 146 Å². The van der Waals surface area contributed by atoms with E-state index < -0.39 is 0 Å². The van der Waals surface area contributed by atoms with Crippen LogP contribution in [0.1, 0.15) is 30.1 Å². The first-order valence-corrected chi connectivity index (χ1v) is 8.10. The number of esters is 1. The van der Waals surface area contributed by atoms with Gasteiger partial charge in [-0.25, -0.2) is 9.18 Å². The SMILES string of the molecule is CCCCOC(=O)c1ccc(NC(=S)Nc2cccc(F)c2)cc1. The largest absolute Gasteiger partial charge is 0.462 e. The highest BCUT2D eigenvalue weighted by Crippen LogP contribution is 2.13. The smallest absolute Gasteiger partial charge is 0.338 e. The van der Waals surface area contributed by atoms with Gasteiger partial charge in [-0.15, -0.1) is 0 Å². The van der Waals surface area contributed by atoms with Crippen molar-refractivity contribution in [1.29, 1.82) is 0 Å². The van der Waals surface area contributed by atoms with Gasteiger partial charge in [0, 0.05) is 11.4 Å². The lowest BCUT2D eigenvalue weighted by atomic mass is 10.2. The van der Waals surface area contributed by atoms with Crippen molar-refractivity contribution in [2.45, 2.75) is 19.8 Å². The molecule has 0 spiro atoms. The summed E-state index contributed by atoms with van der Waals surface area (Å²) in [5.41, 5.74) is 1.76. The van der Waals surface area contributed by atoms with Gasteiger partial charge in [0.15, 0.2) is 5.11 Å². The minimum absolute atomic E-state index is 0.332. The van der Waals surface area contributed by atoms with E-state index in [4.69, 9.17) is 17.0 Å². The number of hydrogen-bond acceptors (Lipinski definition) is 3. The van der Waals surface area contributed by atoms with Crippen LogP contribution in [0.2, 0.25) is 0 Å². The van der Waals surface area contributed by atoms with Crippen molar-refractivity contribution in [3.05, 3.63) is 59.9 Å². The molecule has 0 amide bonds. The van der Waals surface area contributed by atoms with Gasteiger partial charge >= 0.3 is 5.97 Å². The molecule has 0 heterocycles. The Bertz CT molecular complexity index is 704. The highest BCUT2D eigenvalue weighted by Gasteiger charge is 2.07. The molecule has 24 heavy (non-hydrogen) atoms. The zero-order chi connectivity index (χ0) is 17.4. The Kier molecular flexibility index (Phi) is 6.69. The number of rotatable bonds is 6. The summed E-state index contributed by atoms with van der Waals surface area (Å²) in [5.74, 6) is -0.677. The van der Waals surface area contributed by atoms with Gasteiger partial charge in [-0.05, 0) is 61.1 Å². The molecule has 0 unspecified atom stereocenters. The van der Waals surface area contributed by atoms with Crippen LogP contribution >= 0.6 is 12.2 Å². The molecule has 0 aromatic heterocycles. The quantitative estimate of drug-likeness (QED) is 0.455. The third-order valence-electron chi connectivity index (χ3n) is 3.19. The summed E-state index contributed by atoms with van der Waals surface area (Å²) in [5, 5.41) is 6.20. The van der Waals surface area contributed by atoms with Crippen molar-refractivity contribution in [1.82, 2.24) is 0 Å². The molecule has 0 aliphatic heterocycles. The number of hydrogen-bond donors (Lipinski definition) is 2. The van der Waals surface area contributed by atoms with Gasteiger partial charge in [0.25, 0.3) is 0 Å². The minimum Gasteiger partial charge on any atom is -0.462 e. The van der Waals surface area contributed by atoms with Crippen molar-refractivity contribution in [2.75, 3.05) is 17.2 Å². The lowest BCUT2D eigenvalue weighted by molar-refractivity contribution is 0.0500. The highest BCUT2D eigenvalue weighted by atomic mass is 32.1. The molecule has 4 nitrogen and oxygen atoms in total. The summed E-state index contributed by atoms with van der Waals surface area (Å²) < 4.78 is 18.3. The summed E-state index contributed by atoms with van der Waals surface area (Å²) in [4.78, 5) is 11.8. The van der Waals surface area contributed by atoms with Crippen LogP contribution in [0.5, 0.6) is 0 Å². The van der Waals surface area contributed by atoms with E-state index in [1.54, 1.807) is 36.4 Å². The lowest BCUT2D eigenvalue weighted by Gasteiger charge is -2.11. The Morgan fingerprint density at radius 1 is 1.12 bits per heavy atom. The summed E-state index contributed by atoms with van der Waals surface area (Å²) in [6.07, 6.45) is 1.83. The van der Waals surface area contributed by atoms with E-state index >= 15 is 0 Å². The van der Waals surface area contributed by atoms with Crippen molar-refractivity contribution in [2.24, 2.45) is 0 Å². The molecule has 0 aliphatic carbocycles. The number of halogens is 1. The fraction of sp³-hybridized carbons (Fsp3) is 0.222. The van der Waals surface area contributed by atoms with Gasteiger partial charge in [0.05, 0.1) is 12.2 Å². The Morgan fingerprint density at radius 2 is 1.83 bits per heavy atom. The number of nitrogens with one attached hydrogen (secondary N) is 2. The first-order chi connectivity index (χ1) is 11.6. The van der Waals surface area contributed by atoms with Crippen LogP contribution in [0.15, 0.2) is 48.5 Å². The molecule has 0 atom stereocenters. The van der Waals surface area contributed by atoms with E-state index in [0.29, 0.717) is 28.7 Å². The number of ether oxygens (including phenoxy) is 1. The van der Waals surface area contributed by atoms with Crippen LogP contribution < -0.4 is 10.6 Å². The molecule has 0 fully saturated rings. The average Bonchev–Trinajstić information content (AvgIpc) is 2.55.